The Hall–Kier alpha value is 1.13. The van der Waals surface area contributed by atoms with Crippen LogP contribution >= 0.6 is 0 Å². The molecule has 0 fully saturated rings. The predicted molar refractivity (Wildman–Crippen MR) is 11.5 cm³/mol. The monoisotopic (exact) mass is 176 g/mol. The fourth-order valence-corrected chi connectivity index (χ4v) is 0. The minimum Gasteiger partial charge on any atom is -1.00 e. The molecule has 0 saturated carbocycles. The first kappa shape index (κ1) is 68.3. The summed E-state index contributed by atoms with van der Waals surface area (Å²) in [7, 11) is 0. The van der Waals surface area contributed by atoms with Gasteiger partial charge in [-0.2, -0.15) is 0 Å². The van der Waals surface area contributed by atoms with Crippen LogP contribution in [-0.4, -0.2) is 39.6 Å². The van der Waals surface area contributed by atoms with E-state index in [0.717, 1.165) is 0 Å². The molecule has 0 unspecified atom stereocenters. The summed E-state index contributed by atoms with van der Waals surface area (Å²) in [4.78, 5) is 0. The molecule has 0 bridgehead atoms. The van der Waals surface area contributed by atoms with Gasteiger partial charge in [0.15, 0.2) is 0 Å². The standard InChI is InChI=1S/2FH.2Ga/h2*1H;;/q;;2*+3/p-2. The summed E-state index contributed by atoms with van der Waals surface area (Å²) in [5, 5.41) is 0. The van der Waals surface area contributed by atoms with Crippen LogP contribution in [-0.2, 0) is 0 Å². The van der Waals surface area contributed by atoms with Crippen molar-refractivity contribution < 1.29 is 9.41 Å². The van der Waals surface area contributed by atoms with Crippen LogP contribution in [0.1, 0.15) is 0 Å². The minimum absolute atomic E-state index is 0. The molecule has 0 atom stereocenters. The van der Waals surface area contributed by atoms with E-state index in [9.17, 15) is 0 Å². The number of rotatable bonds is 0. The fraction of sp³-hybridized carbons (Fsp3) is 0. The van der Waals surface area contributed by atoms with Crippen LogP contribution in [0.25, 0.3) is 0 Å². The zero-order valence-corrected chi connectivity index (χ0v) is 6.76. The molecule has 0 nitrogen and oxygen atoms in total. The second kappa shape index (κ2) is 31.6. The van der Waals surface area contributed by atoms with E-state index in [4.69, 9.17) is 0 Å². The van der Waals surface area contributed by atoms with Gasteiger partial charge in [0.05, 0.1) is 0 Å². The molecule has 0 amide bonds. The van der Waals surface area contributed by atoms with Gasteiger partial charge in [0.25, 0.3) is 0 Å². The summed E-state index contributed by atoms with van der Waals surface area (Å²) in [5.74, 6) is 0. The summed E-state index contributed by atoms with van der Waals surface area (Å²) in [6.45, 7) is 0. The SMILES string of the molecule is [F-].[F-].[Ga+3].[Ga+3]. The van der Waals surface area contributed by atoms with Gasteiger partial charge in [0, 0.05) is 0 Å². The van der Waals surface area contributed by atoms with E-state index in [1.54, 1.807) is 0 Å². The quantitative estimate of drug-likeness (QED) is 0.323. The third-order valence-electron chi connectivity index (χ3n) is 0. The molecule has 0 aromatic rings. The molecule has 0 aromatic heterocycles. The van der Waals surface area contributed by atoms with Crippen molar-refractivity contribution in [2.75, 3.05) is 0 Å². The number of halogens is 2. The van der Waals surface area contributed by atoms with Crippen molar-refractivity contribution in [3.8, 4) is 0 Å². The molecule has 0 aliphatic carbocycles. The molecule has 4 heavy (non-hydrogen) atoms. The average molecular weight is 177 g/mol. The van der Waals surface area contributed by atoms with Gasteiger partial charge in [0.2, 0.25) is 0 Å². The van der Waals surface area contributed by atoms with Gasteiger partial charge in [-0.3, -0.25) is 0 Å². The Kier molecular flexibility index (Phi) is 540. The summed E-state index contributed by atoms with van der Waals surface area (Å²) in [5.41, 5.74) is 0. The van der Waals surface area contributed by atoms with Gasteiger partial charge < -0.3 is 9.41 Å². The van der Waals surface area contributed by atoms with Gasteiger partial charge in [0.1, 0.15) is 0 Å². The van der Waals surface area contributed by atoms with Crippen molar-refractivity contribution in [1.82, 2.24) is 0 Å². The predicted octanol–water partition coefficient (Wildman–Crippen LogP) is -6.75. The van der Waals surface area contributed by atoms with Gasteiger partial charge in [-0.05, 0) is 0 Å². The van der Waals surface area contributed by atoms with Crippen molar-refractivity contribution in [3.05, 3.63) is 0 Å². The van der Waals surface area contributed by atoms with Crippen LogP contribution in [0.15, 0.2) is 0 Å². The third-order valence-corrected chi connectivity index (χ3v) is 0. The molecular formula is F2Ga2+4. The van der Waals surface area contributed by atoms with E-state index in [2.05, 4.69) is 0 Å². The van der Waals surface area contributed by atoms with E-state index < -0.39 is 0 Å². The van der Waals surface area contributed by atoms with E-state index in [1.807, 2.05) is 0 Å². The van der Waals surface area contributed by atoms with Crippen molar-refractivity contribution in [2.24, 2.45) is 0 Å². The molecule has 0 spiro atoms. The first-order valence-electron chi connectivity index (χ1n) is 0. The van der Waals surface area contributed by atoms with Crippen LogP contribution in [0.5, 0.6) is 0 Å². The zero-order valence-electron chi connectivity index (χ0n) is 1.91. The summed E-state index contributed by atoms with van der Waals surface area (Å²) >= 11 is 0. The Morgan fingerprint density at radius 2 is 0.500 bits per heavy atom. The van der Waals surface area contributed by atoms with Crippen LogP contribution in [0.4, 0.5) is 0 Å². The van der Waals surface area contributed by atoms with E-state index in [1.165, 1.54) is 0 Å². The largest absolute Gasteiger partial charge is 3.00 e. The number of hydrogen-bond donors (Lipinski definition) is 0. The van der Waals surface area contributed by atoms with Crippen molar-refractivity contribution in [3.63, 3.8) is 0 Å². The molecule has 16 valence electrons. The minimum atomic E-state index is 0. The first-order chi connectivity index (χ1) is 0. The molecule has 0 N–H and O–H groups in total. The van der Waals surface area contributed by atoms with E-state index in [-0.39, 0.29) is 49.0 Å². The summed E-state index contributed by atoms with van der Waals surface area (Å²) < 4.78 is 0. The second-order valence-electron chi connectivity index (χ2n) is 0. The van der Waals surface area contributed by atoms with Crippen molar-refractivity contribution in [2.45, 2.75) is 0 Å². The maximum atomic E-state index is 0. The molecule has 0 aromatic carbocycles. The Labute approximate surface area is 49.2 Å². The summed E-state index contributed by atoms with van der Waals surface area (Å²) in [6, 6.07) is 0. The molecule has 0 aliphatic rings. The van der Waals surface area contributed by atoms with Gasteiger partial charge in [-0.25, -0.2) is 0 Å². The van der Waals surface area contributed by atoms with Crippen molar-refractivity contribution >= 4 is 39.6 Å². The first-order valence-corrected chi connectivity index (χ1v) is 0. The molecule has 0 rings (SSSR count). The molecule has 0 aliphatic heterocycles. The molecular weight excluding hydrogens is 177 g/mol. The van der Waals surface area contributed by atoms with Crippen LogP contribution in [0.3, 0.4) is 0 Å². The van der Waals surface area contributed by atoms with E-state index in [0.29, 0.717) is 0 Å². The third kappa shape index (κ3) is 11.1. The molecule has 0 heterocycles. The van der Waals surface area contributed by atoms with E-state index >= 15 is 0 Å². The van der Waals surface area contributed by atoms with Crippen LogP contribution in [0, 0.1) is 0 Å². The Morgan fingerprint density at radius 3 is 0.500 bits per heavy atom. The maximum Gasteiger partial charge on any atom is 3.00 e. The molecule has 0 saturated heterocycles. The second-order valence-corrected chi connectivity index (χ2v) is 0. The van der Waals surface area contributed by atoms with Gasteiger partial charge in [-0.1, -0.05) is 0 Å². The maximum absolute atomic E-state index is 0. The smallest absolute Gasteiger partial charge is 1.00 e. The van der Waals surface area contributed by atoms with Gasteiger partial charge in [-0.15, -0.1) is 0 Å². The zero-order chi connectivity index (χ0) is 0. The topological polar surface area (TPSA) is 0 Å². The molecule has 0 radical (unpaired) electrons. The molecule has 4 heteroatoms. The normalized spacial score (nSPS) is 0. The Morgan fingerprint density at radius 1 is 0.500 bits per heavy atom. The van der Waals surface area contributed by atoms with Crippen molar-refractivity contribution in [1.29, 1.82) is 0 Å². The Bertz CT molecular complexity index is 4.00. The van der Waals surface area contributed by atoms with Gasteiger partial charge >= 0.3 is 39.6 Å². The average Bonchev–Trinajstić information content (AvgIpc) is 0. The Balaban J connectivity index is 0. The summed E-state index contributed by atoms with van der Waals surface area (Å²) in [6.07, 6.45) is 0. The fourth-order valence-electron chi connectivity index (χ4n) is 0. The van der Waals surface area contributed by atoms with Crippen LogP contribution in [0.2, 0.25) is 0 Å². The van der Waals surface area contributed by atoms with Crippen LogP contribution < -0.4 is 9.41 Å². The number of hydrogen-bond acceptors (Lipinski definition) is 0.